The summed E-state index contributed by atoms with van der Waals surface area (Å²) in [6.45, 7) is 5.15. The summed E-state index contributed by atoms with van der Waals surface area (Å²) in [5.41, 5.74) is -0.731. The van der Waals surface area contributed by atoms with E-state index < -0.39 is 5.41 Å². The van der Waals surface area contributed by atoms with Gasteiger partial charge in [-0.25, -0.2) is 0 Å². The molecule has 0 N–H and O–H groups in total. The van der Waals surface area contributed by atoms with Gasteiger partial charge in [-0.15, -0.1) is 0 Å². The fraction of sp³-hybridized carbons (Fsp3) is 0.882. The second-order valence-electron chi connectivity index (χ2n) is 7.21. The zero-order valence-corrected chi connectivity index (χ0v) is 13.2. The highest BCUT2D eigenvalue weighted by molar-refractivity contribution is 5.86. The molecule has 2 heterocycles. The van der Waals surface area contributed by atoms with E-state index in [4.69, 9.17) is 0 Å². The van der Waals surface area contributed by atoms with Crippen LogP contribution in [0.15, 0.2) is 0 Å². The number of fused-ring (bicyclic) bond motifs is 1. The molecule has 0 radical (unpaired) electrons. The van der Waals surface area contributed by atoms with E-state index in [0.29, 0.717) is 6.04 Å². The predicted octanol–water partition coefficient (Wildman–Crippen LogP) is 2.55. The molecule has 2 saturated heterocycles. The van der Waals surface area contributed by atoms with Crippen molar-refractivity contribution >= 4 is 5.91 Å². The molecule has 2 unspecified atom stereocenters. The molecule has 4 heteroatoms. The number of carbonyl (C=O) groups excluding carboxylic acids is 1. The third-order valence-corrected chi connectivity index (χ3v) is 5.78. The Morgan fingerprint density at radius 3 is 2.52 bits per heavy atom. The van der Waals surface area contributed by atoms with E-state index in [1.807, 2.05) is 4.90 Å². The van der Waals surface area contributed by atoms with E-state index in [2.05, 4.69) is 17.9 Å². The molecule has 0 aromatic carbocycles. The van der Waals surface area contributed by atoms with Crippen LogP contribution < -0.4 is 0 Å². The third-order valence-electron chi connectivity index (χ3n) is 5.78. The lowest BCUT2D eigenvalue weighted by Crippen LogP contribution is -2.59. The SMILES string of the molecule is CC1CN2CCCC2CN1C(=O)C1(C#N)CCCCCC1. The molecule has 0 aromatic heterocycles. The zero-order chi connectivity index (χ0) is 14.9. The number of hydrogen-bond acceptors (Lipinski definition) is 3. The standard InChI is InChI=1S/C17H27N3O/c1-14-11-19-10-6-7-15(19)12-20(14)16(21)17(13-18)8-4-2-3-5-9-17/h14-15H,2-12H2,1H3. The molecule has 0 bridgehead atoms. The third kappa shape index (κ3) is 2.68. The number of amides is 1. The van der Waals surface area contributed by atoms with Crippen LogP contribution in [0.4, 0.5) is 0 Å². The van der Waals surface area contributed by atoms with Gasteiger partial charge in [0.1, 0.15) is 5.41 Å². The summed E-state index contributed by atoms with van der Waals surface area (Å²) >= 11 is 0. The molecule has 1 aliphatic carbocycles. The Labute approximate surface area is 128 Å². The normalized spacial score (nSPS) is 33.0. The second kappa shape index (κ2) is 5.96. The van der Waals surface area contributed by atoms with Gasteiger partial charge in [0.15, 0.2) is 0 Å². The van der Waals surface area contributed by atoms with Crippen LogP contribution in [0, 0.1) is 16.7 Å². The Hall–Kier alpha value is -1.08. The Kier molecular flexibility index (Phi) is 4.21. The molecule has 1 saturated carbocycles. The monoisotopic (exact) mass is 289 g/mol. The van der Waals surface area contributed by atoms with Crippen molar-refractivity contribution < 1.29 is 4.79 Å². The summed E-state index contributed by atoms with van der Waals surface area (Å²) < 4.78 is 0. The first-order valence-electron chi connectivity index (χ1n) is 8.63. The van der Waals surface area contributed by atoms with Crippen molar-refractivity contribution in [2.75, 3.05) is 19.6 Å². The van der Waals surface area contributed by atoms with Gasteiger partial charge in [-0.3, -0.25) is 9.69 Å². The number of carbonyl (C=O) groups is 1. The first-order valence-corrected chi connectivity index (χ1v) is 8.63. The van der Waals surface area contributed by atoms with Crippen molar-refractivity contribution in [3.63, 3.8) is 0 Å². The van der Waals surface area contributed by atoms with Crippen LogP contribution in [0.1, 0.15) is 58.3 Å². The van der Waals surface area contributed by atoms with Crippen LogP contribution in [0.5, 0.6) is 0 Å². The van der Waals surface area contributed by atoms with E-state index in [9.17, 15) is 10.1 Å². The molecule has 3 fully saturated rings. The molecule has 0 aromatic rings. The highest BCUT2D eigenvalue weighted by Crippen LogP contribution is 2.38. The van der Waals surface area contributed by atoms with Crippen LogP contribution in [0.25, 0.3) is 0 Å². The molecule has 1 amide bonds. The molecular formula is C17H27N3O. The van der Waals surface area contributed by atoms with Crippen molar-refractivity contribution in [1.82, 2.24) is 9.80 Å². The van der Waals surface area contributed by atoms with Crippen molar-refractivity contribution in [3.8, 4) is 6.07 Å². The maximum atomic E-state index is 13.1. The molecule has 116 valence electrons. The maximum Gasteiger partial charge on any atom is 0.243 e. The van der Waals surface area contributed by atoms with Gasteiger partial charge < -0.3 is 4.90 Å². The van der Waals surface area contributed by atoms with E-state index in [1.54, 1.807) is 0 Å². The Morgan fingerprint density at radius 2 is 1.86 bits per heavy atom. The van der Waals surface area contributed by atoms with Crippen LogP contribution >= 0.6 is 0 Å². The second-order valence-corrected chi connectivity index (χ2v) is 7.21. The Morgan fingerprint density at radius 1 is 1.14 bits per heavy atom. The lowest BCUT2D eigenvalue weighted by atomic mass is 9.79. The maximum absolute atomic E-state index is 13.1. The number of piperazine rings is 1. The zero-order valence-electron chi connectivity index (χ0n) is 13.2. The summed E-state index contributed by atoms with van der Waals surface area (Å²) in [6.07, 6.45) is 8.37. The summed E-state index contributed by atoms with van der Waals surface area (Å²) in [5, 5.41) is 9.73. The largest absolute Gasteiger partial charge is 0.336 e. The number of nitriles is 1. The molecule has 2 aliphatic heterocycles. The molecule has 4 nitrogen and oxygen atoms in total. The van der Waals surface area contributed by atoms with Gasteiger partial charge >= 0.3 is 0 Å². The van der Waals surface area contributed by atoms with Crippen LogP contribution in [0.3, 0.4) is 0 Å². The topological polar surface area (TPSA) is 47.3 Å². The van der Waals surface area contributed by atoms with Crippen LogP contribution in [0.2, 0.25) is 0 Å². The average Bonchev–Trinajstić information content (AvgIpc) is 2.80. The average molecular weight is 289 g/mol. The minimum Gasteiger partial charge on any atom is -0.336 e. The minimum atomic E-state index is -0.731. The first-order chi connectivity index (χ1) is 10.2. The first kappa shape index (κ1) is 14.8. The quantitative estimate of drug-likeness (QED) is 0.697. The lowest BCUT2D eigenvalue weighted by molar-refractivity contribution is -0.145. The Balaban J connectivity index is 1.77. The van der Waals surface area contributed by atoms with E-state index in [-0.39, 0.29) is 11.9 Å². The van der Waals surface area contributed by atoms with Gasteiger partial charge in [-0.05, 0) is 39.2 Å². The van der Waals surface area contributed by atoms with Crippen molar-refractivity contribution in [1.29, 1.82) is 5.26 Å². The molecule has 21 heavy (non-hydrogen) atoms. The highest BCUT2D eigenvalue weighted by atomic mass is 16.2. The molecule has 2 atom stereocenters. The number of hydrogen-bond donors (Lipinski definition) is 0. The summed E-state index contributed by atoms with van der Waals surface area (Å²) in [7, 11) is 0. The summed E-state index contributed by atoms with van der Waals surface area (Å²) in [4.78, 5) is 17.7. The van der Waals surface area contributed by atoms with Gasteiger partial charge in [0, 0.05) is 25.2 Å². The fourth-order valence-corrected chi connectivity index (χ4v) is 4.45. The van der Waals surface area contributed by atoms with Gasteiger partial charge in [-0.2, -0.15) is 5.26 Å². The van der Waals surface area contributed by atoms with E-state index in [1.165, 1.54) is 32.2 Å². The smallest absolute Gasteiger partial charge is 0.243 e. The number of nitrogens with zero attached hydrogens (tertiary/aromatic N) is 3. The van der Waals surface area contributed by atoms with Gasteiger partial charge in [0.05, 0.1) is 6.07 Å². The Bertz CT molecular complexity index is 434. The summed E-state index contributed by atoms with van der Waals surface area (Å²) in [5.74, 6) is 0.131. The summed E-state index contributed by atoms with van der Waals surface area (Å²) in [6, 6.07) is 3.21. The molecule has 3 rings (SSSR count). The molecular weight excluding hydrogens is 262 g/mol. The van der Waals surface area contributed by atoms with E-state index >= 15 is 0 Å². The van der Waals surface area contributed by atoms with Crippen LogP contribution in [-0.4, -0.2) is 47.4 Å². The molecule has 0 spiro atoms. The fourth-order valence-electron chi connectivity index (χ4n) is 4.45. The van der Waals surface area contributed by atoms with Gasteiger partial charge in [-0.1, -0.05) is 25.7 Å². The number of rotatable bonds is 1. The lowest BCUT2D eigenvalue weighted by Gasteiger charge is -2.44. The molecule has 3 aliphatic rings. The minimum absolute atomic E-state index is 0.131. The van der Waals surface area contributed by atoms with Gasteiger partial charge in [0.25, 0.3) is 0 Å². The van der Waals surface area contributed by atoms with Crippen molar-refractivity contribution in [2.45, 2.75) is 70.4 Å². The predicted molar refractivity (Wildman–Crippen MR) is 81.5 cm³/mol. The van der Waals surface area contributed by atoms with Crippen molar-refractivity contribution in [2.24, 2.45) is 5.41 Å². The van der Waals surface area contributed by atoms with Crippen LogP contribution in [-0.2, 0) is 4.79 Å². The highest BCUT2D eigenvalue weighted by Gasteiger charge is 2.46. The van der Waals surface area contributed by atoms with E-state index in [0.717, 1.165) is 38.8 Å². The van der Waals surface area contributed by atoms with Gasteiger partial charge in [0.2, 0.25) is 5.91 Å². The van der Waals surface area contributed by atoms with Crippen molar-refractivity contribution in [3.05, 3.63) is 0 Å².